The minimum Gasteiger partial charge on any atom is -0.478 e. The van der Waals surface area contributed by atoms with Crippen LogP contribution in [0.15, 0.2) is 60.7 Å². The summed E-state index contributed by atoms with van der Waals surface area (Å²) in [6.07, 6.45) is 0.998. The van der Waals surface area contributed by atoms with E-state index in [1.54, 1.807) is 12.1 Å². The Kier molecular flexibility index (Phi) is 5.81. The summed E-state index contributed by atoms with van der Waals surface area (Å²) >= 11 is 0. The van der Waals surface area contributed by atoms with Gasteiger partial charge < -0.3 is 15.3 Å². The van der Waals surface area contributed by atoms with Gasteiger partial charge in [-0.3, -0.25) is 0 Å². The molecule has 0 aliphatic carbocycles. The van der Waals surface area contributed by atoms with Crippen molar-refractivity contribution in [1.29, 1.82) is 0 Å². The summed E-state index contributed by atoms with van der Waals surface area (Å²) in [5, 5.41) is 13.2. The van der Waals surface area contributed by atoms with Gasteiger partial charge in [-0.05, 0) is 49.8 Å². The molecular weight excluding hydrogens is 326 g/mol. The molecule has 134 valence electrons. The predicted molar refractivity (Wildman–Crippen MR) is 105 cm³/mol. The minimum atomic E-state index is -0.931. The summed E-state index contributed by atoms with van der Waals surface area (Å²) in [6, 6.07) is 19.2. The number of nitrogens with zero attached hydrogens (tertiary/aromatic N) is 2. The Morgan fingerprint density at radius 1 is 1.08 bits per heavy atom. The van der Waals surface area contributed by atoms with Gasteiger partial charge in [-0.2, -0.15) is 0 Å². The van der Waals surface area contributed by atoms with E-state index in [2.05, 4.69) is 46.5 Å². The molecule has 3 aromatic rings. The molecular formula is C21H23N3O2. The van der Waals surface area contributed by atoms with Crippen LogP contribution in [0.2, 0.25) is 0 Å². The van der Waals surface area contributed by atoms with E-state index in [0.717, 1.165) is 31.9 Å². The molecule has 3 rings (SSSR count). The molecule has 0 unspecified atom stereocenters. The predicted octanol–water partition coefficient (Wildman–Crippen LogP) is 3.87. The quantitative estimate of drug-likeness (QED) is 0.605. The van der Waals surface area contributed by atoms with Gasteiger partial charge in [-0.15, -0.1) is 0 Å². The molecule has 0 aliphatic heterocycles. The molecule has 0 amide bonds. The first kappa shape index (κ1) is 17.9. The van der Waals surface area contributed by atoms with Gasteiger partial charge in [0, 0.05) is 18.5 Å². The third kappa shape index (κ3) is 4.58. The van der Waals surface area contributed by atoms with Crippen LogP contribution in [0.3, 0.4) is 0 Å². The first-order valence-electron chi connectivity index (χ1n) is 8.73. The summed E-state index contributed by atoms with van der Waals surface area (Å²) in [5.74, 6) is -0.162. The second-order valence-electron chi connectivity index (χ2n) is 6.38. The van der Waals surface area contributed by atoms with Gasteiger partial charge >= 0.3 is 5.97 Å². The summed E-state index contributed by atoms with van der Waals surface area (Å²) in [7, 11) is 2.12. The highest BCUT2D eigenvalue weighted by molar-refractivity contribution is 6.02. The molecule has 0 aliphatic rings. The van der Waals surface area contributed by atoms with Crippen molar-refractivity contribution in [3.63, 3.8) is 0 Å². The monoisotopic (exact) mass is 349 g/mol. The maximum Gasteiger partial charge on any atom is 0.336 e. The van der Waals surface area contributed by atoms with Gasteiger partial charge in [0.2, 0.25) is 0 Å². The summed E-state index contributed by atoms with van der Waals surface area (Å²) in [5.41, 5.74) is 2.29. The minimum absolute atomic E-state index is 0.282. The Labute approximate surface area is 153 Å². The lowest BCUT2D eigenvalue weighted by molar-refractivity contribution is 0.0699. The SMILES string of the molecule is CN(CCCNc1ccc2c(C(=O)O)cccc2n1)Cc1ccccc1. The van der Waals surface area contributed by atoms with Gasteiger partial charge in [0.25, 0.3) is 0 Å². The highest BCUT2D eigenvalue weighted by Crippen LogP contribution is 2.19. The smallest absolute Gasteiger partial charge is 0.336 e. The van der Waals surface area contributed by atoms with Crippen molar-refractivity contribution < 1.29 is 9.90 Å². The number of benzene rings is 2. The van der Waals surface area contributed by atoms with Crippen LogP contribution in [0.5, 0.6) is 0 Å². The second kappa shape index (κ2) is 8.45. The van der Waals surface area contributed by atoms with E-state index in [0.29, 0.717) is 10.9 Å². The number of carboxylic acids is 1. The Hall–Kier alpha value is -2.92. The van der Waals surface area contributed by atoms with Crippen molar-refractivity contribution in [2.45, 2.75) is 13.0 Å². The number of aromatic carboxylic acids is 1. The van der Waals surface area contributed by atoms with Crippen molar-refractivity contribution in [1.82, 2.24) is 9.88 Å². The molecule has 1 heterocycles. The normalized spacial score (nSPS) is 11.0. The van der Waals surface area contributed by atoms with Crippen LogP contribution in [0.1, 0.15) is 22.3 Å². The summed E-state index contributed by atoms with van der Waals surface area (Å²) in [6.45, 7) is 2.74. The zero-order valence-corrected chi connectivity index (χ0v) is 14.9. The van der Waals surface area contributed by atoms with E-state index in [1.165, 1.54) is 5.56 Å². The third-order valence-electron chi connectivity index (χ3n) is 4.28. The van der Waals surface area contributed by atoms with E-state index in [9.17, 15) is 9.90 Å². The molecule has 0 fully saturated rings. The number of aromatic nitrogens is 1. The maximum atomic E-state index is 11.3. The third-order valence-corrected chi connectivity index (χ3v) is 4.28. The van der Waals surface area contributed by atoms with Crippen molar-refractivity contribution in [3.05, 3.63) is 71.8 Å². The van der Waals surface area contributed by atoms with Crippen molar-refractivity contribution in [2.75, 3.05) is 25.5 Å². The van der Waals surface area contributed by atoms with Crippen LogP contribution >= 0.6 is 0 Å². The molecule has 0 spiro atoms. The second-order valence-corrected chi connectivity index (χ2v) is 6.38. The van der Waals surface area contributed by atoms with Gasteiger partial charge in [-0.25, -0.2) is 9.78 Å². The van der Waals surface area contributed by atoms with Crippen molar-refractivity contribution in [3.8, 4) is 0 Å². The van der Waals surface area contributed by atoms with Gasteiger partial charge in [-0.1, -0.05) is 36.4 Å². The topological polar surface area (TPSA) is 65.5 Å². The lowest BCUT2D eigenvalue weighted by atomic mass is 10.1. The number of hydrogen-bond donors (Lipinski definition) is 2. The van der Waals surface area contributed by atoms with Crippen LogP contribution in [0.25, 0.3) is 10.9 Å². The number of carbonyl (C=O) groups is 1. The lowest BCUT2D eigenvalue weighted by Crippen LogP contribution is -2.21. The van der Waals surface area contributed by atoms with Gasteiger partial charge in [0.05, 0.1) is 11.1 Å². The highest BCUT2D eigenvalue weighted by atomic mass is 16.4. The van der Waals surface area contributed by atoms with Crippen LogP contribution in [0, 0.1) is 0 Å². The molecule has 2 aromatic carbocycles. The Morgan fingerprint density at radius 2 is 1.88 bits per heavy atom. The Balaban J connectivity index is 1.51. The van der Waals surface area contributed by atoms with Gasteiger partial charge in [0.1, 0.15) is 5.82 Å². The number of nitrogens with one attached hydrogen (secondary N) is 1. The molecule has 0 bridgehead atoms. The van der Waals surface area contributed by atoms with Crippen LogP contribution in [0.4, 0.5) is 5.82 Å². The fraction of sp³-hybridized carbons (Fsp3) is 0.238. The largest absolute Gasteiger partial charge is 0.478 e. The number of pyridine rings is 1. The number of fused-ring (bicyclic) bond motifs is 1. The molecule has 0 saturated heterocycles. The number of carboxylic acid groups (broad SMARTS) is 1. The molecule has 5 nitrogen and oxygen atoms in total. The highest BCUT2D eigenvalue weighted by Gasteiger charge is 2.09. The molecule has 0 radical (unpaired) electrons. The zero-order valence-electron chi connectivity index (χ0n) is 14.9. The fourth-order valence-corrected chi connectivity index (χ4v) is 2.98. The average molecular weight is 349 g/mol. The number of rotatable bonds is 8. The first-order valence-corrected chi connectivity index (χ1v) is 8.73. The van der Waals surface area contributed by atoms with Crippen LogP contribution in [-0.2, 0) is 6.54 Å². The van der Waals surface area contributed by atoms with E-state index < -0.39 is 5.97 Å². The van der Waals surface area contributed by atoms with E-state index in [4.69, 9.17) is 0 Å². The fourth-order valence-electron chi connectivity index (χ4n) is 2.98. The van der Waals surface area contributed by atoms with Gasteiger partial charge in [0.15, 0.2) is 0 Å². The number of hydrogen-bond acceptors (Lipinski definition) is 4. The molecule has 0 atom stereocenters. The Morgan fingerprint density at radius 3 is 2.65 bits per heavy atom. The molecule has 26 heavy (non-hydrogen) atoms. The van der Waals surface area contributed by atoms with E-state index >= 15 is 0 Å². The Bertz CT molecular complexity index is 881. The molecule has 5 heteroatoms. The summed E-state index contributed by atoms with van der Waals surface area (Å²) in [4.78, 5) is 18.1. The molecule has 0 saturated carbocycles. The summed E-state index contributed by atoms with van der Waals surface area (Å²) < 4.78 is 0. The first-order chi connectivity index (χ1) is 12.6. The van der Waals surface area contributed by atoms with Crippen molar-refractivity contribution in [2.24, 2.45) is 0 Å². The van der Waals surface area contributed by atoms with Crippen molar-refractivity contribution >= 4 is 22.7 Å². The van der Waals surface area contributed by atoms with Crippen LogP contribution in [-0.4, -0.2) is 41.1 Å². The number of anilines is 1. The average Bonchev–Trinajstić information content (AvgIpc) is 2.65. The molecule has 1 aromatic heterocycles. The van der Waals surface area contributed by atoms with E-state index in [1.807, 2.05) is 24.3 Å². The standard InChI is InChI=1S/C21H23N3O2/c1-24(15-16-7-3-2-4-8-16)14-6-13-22-20-12-11-17-18(21(25)26)9-5-10-19(17)23-20/h2-5,7-12H,6,13-15H2,1H3,(H,22,23)(H,25,26). The van der Waals surface area contributed by atoms with Crippen LogP contribution < -0.4 is 5.32 Å². The van der Waals surface area contributed by atoms with E-state index in [-0.39, 0.29) is 5.56 Å². The molecule has 2 N–H and O–H groups in total. The lowest BCUT2D eigenvalue weighted by Gasteiger charge is -2.17. The zero-order chi connectivity index (χ0) is 18.4. The maximum absolute atomic E-state index is 11.3.